The number of anilines is 3. The van der Waals surface area contributed by atoms with Gasteiger partial charge in [-0.3, -0.25) is 0 Å². The smallest absolute Gasteiger partial charge is 0.0973 e. The van der Waals surface area contributed by atoms with Gasteiger partial charge in [0.2, 0.25) is 0 Å². The molecule has 1 N–H and O–H groups in total. The minimum absolute atomic E-state index is 0.851. The number of allylic oxidation sites excluding steroid dienone is 5. The first kappa shape index (κ1) is 37.7. The maximum atomic E-state index is 5.47. The number of para-hydroxylation sites is 3. The normalized spacial score (nSPS) is 11.6. The van der Waals surface area contributed by atoms with Gasteiger partial charge >= 0.3 is 0 Å². The summed E-state index contributed by atoms with van der Waals surface area (Å²) in [5.74, 6) is 0. The Bertz CT molecular complexity index is 3170. The largest absolute Gasteiger partial charge is 0.355 e. The van der Waals surface area contributed by atoms with Crippen molar-refractivity contribution in [2.45, 2.75) is 13.8 Å². The number of rotatable bonds is 8. The molecule has 10 rings (SSSR count). The third kappa shape index (κ3) is 7.50. The van der Waals surface area contributed by atoms with E-state index in [4.69, 9.17) is 9.97 Å². The zero-order chi connectivity index (χ0) is 40.8. The van der Waals surface area contributed by atoms with Crippen LogP contribution in [-0.2, 0) is 0 Å². The molecule has 0 aliphatic carbocycles. The molecule has 2 aromatic heterocycles. The number of hydrogen-bond acceptors (Lipinski definition) is 3. The summed E-state index contributed by atoms with van der Waals surface area (Å²) in [6.45, 7) is 7.63. The van der Waals surface area contributed by atoms with Crippen LogP contribution in [0.3, 0.4) is 0 Å². The van der Waals surface area contributed by atoms with Crippen LogP contribution < -0.4 is 4.90 Å². The summed E-state index contributed by atoms with van der Waals surface area (Å²) in [5, 5.41) is 4.82. The fraction of sp³-hybridized carbons (Fsp3) is 0.0357. The number of aromatic amines is 1. The van der Waals surface area contributed by atoms with Crippen LogP contribution in [0.15, 0.2) is 225 Å². The second-order valence-corrected chi connectivity index (χ2v) is 14.7. The lowest BCUT2D eigenvalue weighted by atomic mass is 9.96. The molecule has 60 heavy (non-hydrogen) atoms. The van der Waals surface area contributed by atoms with Gasteiger partial charge in [-0.15, -0.1) is 0 Å². The standard InChI is InChI=1S/C48H32N4.C8H12/c1-3-14-33(15-4-1)46-47(51-48-41(22-12-24-45(48)50-46)39-21-11-16-32-13-7-8-19-38(32)39)34-25-27-36(28-26-34)52(35-17-5-2-6-18-35)37-29-30-44-42(31-37)40-20-9-10-23-43(40)49-44;1-4-6-7-8(3)5-2/h1-31,49H;4-7H,2H2,1,3H3/b;6-4-,8-7-. The third-order valence-electron chi connectivity index (χ3n) is 10.9. The number of fused-ring (bicyclic) bond motifs is 5. The molecule has 0 saturated heterocycles. The molecule has 8 aromatic carbocycles. The van der Waals surface area contributed by atoms with E-state index in [1.807, 2.05) is 44.2 Å². The molecule has 4 nitrogen and oxygen atoms in total. The fourth-order valence-electron chi connectivity index (χ4n) is 7.84. The van der Waals surface area contributed by atoms with Crippen LogP contribution in [0.5, 0.6) is 0 Å². The summed E-state index contributed by atoms with van der Waals surface area (Å²) in [4.78, 5) is 16.7. The van der Waals surface area contributed by atoms with Crippen molar-refractivity contribution in [3.8, 4) is 33.6 Å². The average Bonchev–Trinajstić information content (AvgIpc) is 3.69. The number of benzene rings is 8. The summed E-state index contributed by atoms with van der Waals surface area (Å²) in [6.07, 6.45) is 7.84. The predicted octanol–water partition coefficient (Wildman–Crippen LogP) is 15.6. The number of nitrogens with one attached hydrogen (secondary N) is 1. The highest BCUT2D eigenvalue weighted by molar-refractivity contribution is 6.09. The molecular formula is C56H44N4. The minimum Gasteiger partial charge on any atom is -0.355 e. The topological polar surface area (TPSA) is 44.8 Å². The van der Waals surface area contributed by atoms with E-state index in [0.29, 0.717) is 0 Å². The Balaban J connectivity index is 0.000000528. The Morgan fingerprint density at radius 1 is 0.533 bits per heavy atom. The van der Waals surface area contributed by atoms with Gasteiger partial charge in [-0.05, 0) is 84.8 Å². The highest BCUT2D eigenvalue weighted by Crippen LogP contribution is 2.40. The Morgan fingerprint density at radius 2 is 1.13 bits per heavy atom. The highest BCUT2D eigenvalue weighted by Gasteiger charge is 2.19. The SMILES string of the molecule is C=C/C(C)=C\C=C/C.c1ccc(-c2nc3cccc(-c4cccc5ccccc45)c3nc2-c2ccc(N(c3ccccc3)c3ccc4[nH]c5ccccc5c4c3)cc2)cc1. The summed E-state index contributed by atoms with van der Waals surface area (Å²) < 4.78 is 0. The van der Waals surface area contributed by atoms with E-state index in [-0.39, 0.29) is 0 Å². The van der Waals surface area contributed by atoms with Gasteiger partial charge < -0.3 is 9.88 Å². The van der Waals surface area contributed by atoms with E-state index >= 15 is 0 Å². The van der Waals surface area contributed by atoms with Crippen LogP contribution in [-0.4, -0.2) is 15.0 Å². The Morgan fingerprint density at radius 3 is 1.92 bits per heavy atom. The molecule has 0 amide bonds. The zero-order valence-corrected chi connectivity index (χ0v) is 33.8. The first-order valence-electron chi connectivity index (χ1n) is 20.3. The number of nitrogens with zero attached hydrogens (tertiary/aromatic N) is 3. The lowest BCUT2D eigenvalue weighted by Gasteiger charge is -2.26. The van der Waals surface area contributed by atoms with Gasteiger partial charge in [0.1, 0.15) is 0 Å². The maximum absolute atomic E-state index is 5.47. The molecule has 0 saturated carbocycles. The van der Waals surface area contributed by atoms with Crippen LogP contribution in [0.25, 0.3) is 77.3 Å². The van der Waals surface area contributed by atoms with Crippen molar-refractivity contribution in [3.63, 3.8) is 0 Å². The monoisotopic (exact) mass is 772 g/mol. The molecule has 0 spiro atoms. The first-order chi connectivity index (χ1) is 29.6. The predicted molar refractivity (Wildman–Crippen MR) is 256 cm³/mol. The van der Waals surface area contributed by atoms with E-state index in [0.717, 1.165) is 72.8 Å². The van der Waals surface area contributed by atoms with Gasteiger partial charge in [0.15, 0.2) is 0 Å². The van der Waals surface area contributed by atoms with E-state index in [2.05, 4.69) is 198 Å². The van der Waals surface area contributed by atoms with Crippen LogP contribution in [0, 0.1) is 0 Å². The fourth-order valence-corrected chi connectivity index (χ4v) is 7.84. The summed E-state index contributed by atoms with van der Waals surface area (Å²) in [5.41, 5.74) is 14.4. The number of aromatic nitrogens is 3. The highest BCUT2D eigenvalue weighted by atomic mass is 15.1. The van der Waals surface area contributed by atoms with Crippen molar-refractivity contribution in [1.29, 1.82) is 0 Å². The van der Waals surface area contributed by atoms with Crippen molar-refractivity contribution in [3.05, 3.63) is 225 Å². The second-order valence-electron chi connectivity index (χ2n) is 14.7. The Kier molecular flexibility index (Phi) is 10.7. The summed E-state index contributed by atoms with van der Waals surface area (Å²) in [7, 11) is 0. The second kappa shape index (κ2) is 17.0. The molecule has 0 bridgehead atoms. The van der Waals surface area contributed by atoms with Gasteiger partial charge in [-0.2, -0.15) is 0 Å². The lowest BCUT2D eigenvalue weighted by Crippen LogP contribution is -2.09. The number of hydrogen-bond donors (Lipinski definition) is 1. The summed E-state index contributed by atoms with van der Waals surface area (Å²) >= 11 is 0. The molecular weight excluding hydrogens is 729 g/mol. The van der Waals surface area contributed by atoms with E-state index < -0.39 is 0 Å². The average molecular weight is 773 g/mol. The Labute approximate surface area is 351 Å². The minimum atomic E-state index is 0.851. The third-order valence-corrected chi connectivity index (χ3v) is 10.9. The van der Waals surface area contributed by atoms with Gasteiger partial charge in [-0.1, -0.05) is 170 Å². The molecule has 0 aliphatic rings. The molecule has 0 fully saturated rings. The van der Waals surface area contributed by atoms with Crippen molar-refractivity contribution in [2.75, 3.05) is 4.90 Å². The molecule has 0 aliphatic heterocycles. The Hall–Kier alpha value is -7.82. The molecule has 4 heteroatoms. The van der Waals surface area contributed by atoms with E-state index in [1.165, 1.54) is 27.1 Å². The molecule has 10 aromatic rings. The van der Waals surface area contributed by atoms with E-state index in [1.54, 1.807) is 0 Å². The molecule has 0 unspecified atom stereocenters. The van der Waals surface area contributed by atoms with Crippen molar-refractivity contribution in [2.24, 2.45) is 0 Å². The van der Waals surface area contributed by atoms with Crippen LogP contribution >= 0.6 is 0 Å². The van der Waals surface area contributed by atoms with Crippen molar-refractivity contribution >= 4 is 60.7 Å². The van der Waals surface area contributed by atoms with Crippen molar-refractivity contribution in [1.82, 2.24) is 15.0 Å². The van der Waals surface area contributed by atoms with Crippen LogP contribution in [0.2, 0.25) is 0 Å². The van der Waals surface area contributed by atoms with Crippen LogP contribution in [0.4, 0.5) is 17.1 Å². The molecule has 2 heterocycles. The summed E-state index contributed by atoms with van der Waals surface area (Å²) in [6, 6.07) is 66.1. The number of H-pyrrole nitrogens is 1. The van der Waals surface area contributed by atoms with Crippen LogP contribution in [0.1, 0.15) is 13.8 Å². The first-order valence-corrected chi connectivity index (χ1v) is 20.3. The quantitative estimate of drug-likeness (QED) is 0.156. The molecule has 0 radical (unpaired) electrons. The maximum Gasteiger partial charge on any atom is 0.0973 e. The molecule has 0 atom stereocenters. The van der Waals surface area contributed by atoms with Gasteiger partial charge in [-0.25, -0.2) is 9.97 Å². The van der Waals surface area contributed by atoms with Gasteiger partial charge in [0.25, 0.3) is 0 Å². The zero-order valence-electron chi connectivity index (χ0n) is 33.8. The molecule has 288 valence electrons. The van der Waals surface area contributed by atoms with Gasteiger partial charge in [0.05, 0.1) is 22.4 Å². The lowest BCUT2D eigenvalue weighted by molar-refractivity contribution is 1.27. The van der Waals surface area contributed by atoms with Crippen molar-refractivity contribution < 1.29 is 0 Å². The van der Waals surface area contributed by atoms with Gasteiger partial charge in [0, 0.05) is 55.6 Å². The van der Waals surface area contributed by atoms with E-state index in [9.17, 15) is 0 Å².